The molecule has 120 valence electrons. The number of hydrogen-bond acceptors (Lipinski definition) is 4. The molecule has 0 atom stereocenters. The van der Waals surface area contributed by atoms with Gasteiger partial charge in [-0.3, -0.25) is 10.1 Å². The molecule has 2 amide bonds. The number of carbonyl (C=O) groups is 2. The van der Waals surface area contributed by atoms with E-state index in [2.05, 4.69) is 4.74 Å². The highest BCUT2D eigenvalue weighted by atomic mass is 35.5. The standard InChI is InChI=1S/C17H16ClNO4/c1-2-22-17(21)19-16(20)11-23-15-9-8-13(10-14(15)18)12-6-4-3-5-7-12/h3-10H,2,11H2,1H3,(H,19,20,21). The minimum absolute atomic E-state index is 0.187. The Labute approximate surface area is 139 Å². The van der Waals surface area contributed by atoms with Gasteiger partial charge in [0.2, 0.25) is 0 Å². The van der Waals surface area contributed by atoms with Crippen molar-refractivity contribution >= 4 is 23.6 Å². The molecule has 0 radical (unpaired) electrons. The quantitative estimate of drug-likeness (QED) is 0.907. The number of amides is 2. The number of benzene rings is 2. The monoisotopic (exact) mass is 333 g/mol. The molecular weight excluding hydrogens is 318 g/mol. The molecule has 2 aromatic carbocycles. The molecule has 0 spiro atoms. The third kappa shape index (κ3) is 5.00. The van der Waals surface area contributed by atoms with Crippen LogP contribution in [0.25, 0.3) is 11.1 Å². The molecule has 0 heterocycles. The molecule has 0 aliphatic rings. The number of imide groups is 1. The van der Waals surface area contributed by atoms with E-state index in [4.69, 9.17) is 16.3 Å². The molecular formula is C17H16ClNO4. The molecule has 6 heteroatoms. The first-order chi connectivity index (χ1) is 11.1. The van der Waals surface area contributed by atoms with Crippen LogP contribution in [0.3, 0.4) is 0 Å². The first-order valence-corrected chi connectivity index (χ1v) is 7.42. The van der Waals surface area contributed by atoms with Gasteiger partial charge in [-0.15, -0.1) is 0 Å². The van der Waals surface area contributed by atoms with Crippen LogP contribution in [0.15, 0.2) is 48.5 Å². The largest absolute Gasteiger partial charge is 0.482 e. The first-order valence-electron chi connectivity index (χ1n) is 7.04. The Morgan fingerprint density at radius 2 is 1.83 bits per heavy atom. The summed E-state index contributed by atoms with van der Waals surface area (Å²) >= 11 is 6.17. The van der Waals surface area contributed by atoms with Gasteiger partial charge in [0.15, 0.2) is 6.61 Å². The summed E-state index contributed by atoms with van der Waals surface area (Å²) in [7, 11) is 0. The summed E-state index contributed by atoms with van der Waals surface area (Å²) in [6, 6.07) is 15.0. The van der Waals surface area contributed by atoms with Crippen LogP contribution in [0.1, 0.15) is 6.92 Å². The summed E-state index contributed by atoms with van der Waals surface area (Å²) in [5.74, 6) is -0.239. The van der Waals surface area contributed by atoms with E-state index >= 15 is 0 Å². The van der Waals surface area contributed by atoms with Crippen LogP contribution < -0.4 is 10.1 Å². The van der Waals surface area contributed by atoms with Gasteiger partial charge in [0.25, 0.3) is 5.91 Å². The molecule has 2 rings (SSSR count). The fourth-order valence-corrected chi connectivity index (χ4v) is 2.12. The number of nitrogens with one attached hydrogen (secondary N) is 1. The maximum atomic E-state index is 11.5. The van der Waals surface area contributed by atoms with E-state index in [0.29, 0.717) is 10.8 Å². The van der Waals surface area contributed by atoms with E-state index in [1.807, 2.05) is 41.7 Å². The highest BCUT2D eigenvalue weighted by Gasteiger charge is 2.11. The zero-order chi connectivity index (χ0) is 16.7. The first kappa shape index (κ1) is 16.8. The van der Waals surface area contributed by atoms with Gasteiger partial charge in [-0.25, -0.2) is 4.79 Å². The lowest BCUT2D eigenvalue weighted by Crippen LogP contribution is -2.34. The van der Waals surface area contributed by atoms with E-state index in [1.165, 1.54) is 0 Å². The predicted molar refractivity (Wildman–Crippen MR) is 87.5 cm³/mol. The predicted octanol–water partition coefficient (Wildman–Crippen LogP) is 3.66. The lowest BCUT2D eigenvalue weighted by atomic mass is 10.1. The fourth-order valence-electron chi connectivity index (χ4n) is 1.89. The molecule has 0 unspecified atom stereocenters. The van der Waals surface area contributed by atoms with Crippen molar-refractivity contribution in [1.82, 2.24) is 5.32 Å². The van der Waals surface area contributed by atoms with Crippen molar-refractivity contribution in [1.29, 1.82) is 0 Å². The van der Waals surface area contributed by atoms with E-state index in [0.717, 1.165) is 11.1 Å². The van der Waals surface area contributed by atoms with Crippen LogP contribution in [-0.4, -0.2) is 25.2 Å². The summed E-state index contributed by atoms with van der Waals surface area (Å²) in [6.07, 6.45) is -0.799. The van der Waals surface area contributed by atoms with Gasteiger partial charge in [0, 0.05) is 0 Å². The Kier molecular flexibility index (Phi) is 6.00. The second-order valence-electron chi connectivity index (χ2n) is 4.57. The third-order valence-corrected chi connectivity index (χ3v) is 3.21. The Balaban J connectivity index is 1.96. The van der Waals surface area contributed by atoms with Crippen molar-refractivity contribution in [2.75, 3.05) is 13.2 Å². The van der Waals surface area contributed by atoms with Crippen molar-refractivity contribution in [3.63, 3.8) is 0 Å². The molecule has 0 fully saturated rings. The smallest absolute Gasteiger partial charge is 0.413 e. The van der Waals surface area contributed by atoms with Crippen molar-refractivity contribution in [3.05, 3.63) is 53.6 Å². The summed E-state index contributed by atoms with van der Waals surface area (Å²) < 4.78 is 9.92. The summed E-state index contributed by atoms with van der Waals surface area (Å²) in [4.78, 5) is 22.6. The van der Waals surface area contributed by atoms with Crippen molar-refractivity contribution in [2.24, 2.45) is 0 Å². The van der Waals surface area contributed by atoms with Gasteiger partial charge in [0.05, 0.1) is 11.6 Å². The number of rotatable bonds is 5. The van der Waals surface area contributed by atoms with Crippen LogP contribution in [0.2, 0.25) is 5.02 Å². The van der Waals surface area contributed by atoms with Crippen LogP contribution in [0, 0.1) is 0 Å². The van der Waals surface area contributed by atoms with Crippen LogP contribution >= 0.6 is 11.6 Å². The number of alkyl carbamates (subject to hydrolysis) is 1. The van der Waals surface area contributed by atoms with Gasteiger partial charge in [0.1, 0.15) is 5.75 Å². The van der Waals surface area contributed by atoms with Crippen LogP contribution in [0.4, 0.5) is 4.79 Å². The van der Waals surface area contributed by atoms with Gasteiger partial charge in [-0.2, -0.15) is 0 Å². The maximum absolute atomic E-state index is 11.5. The van der Waals surface area contributed by atoms with Gasteiger partial charge in [-0.1, -0.05) is 48.0 Å². The molecule has 0 aromatic heterocycles. The fraction of sp³-hybridized carbons (Fsp3) is 0.176. The van der Waals surface area contributed by atoms with Gasteiger partial charge >= 0.3 is 6.09 Å². The highest BCUT2D eigenvalue weighted by Crippen LogP contribution is 2.30. The zero-order valence-corrected chi connectivity index (χ0v) is 13.3. The van der Waals surface area contributed by atoms with E-state index in [9.17, 15) is 9.59 Å². The van der Waals surface area contributed by atoms with E-state index < -0.39 is 12.0 Å². The Hall–Kier alpha value is -2.53. The van der Waals surface area contributed by atoms with Crippen molar-refractivity contribution in [3.8, 4) is 16.9 Å². The highest BCUT2D eigenvalue weighted by molar-refractivity contribution is 6.32. The second-order valence-corrected chi connectivity index (χ2v) is 4.98. The summed E-state index contributed by atoms with van der Waals surface area (Å²) in [5, 5.41) is 2.42. The molecule has 2 aromatic rings. The number of carbonyl (C=O) groups excluding carboxylic acids is 2. The molecule has 0 aliphatic heterocycles. The minimum atomic E-state index is -0.799. The second kappa shape index (κ2) is 8.19. The topological polar surface area (TPSA) is 64.6 Å². The lowest BCUT2D eigenvalue weighted by molar-refractivity contribution is -0.122. The van der Waals surface area contributed by atoms with E-state index in [1.54, 1.807) is 19.1 Å². The average molecular weight is 334 g/mol. The number of ether oxygens (including phenoxy) is 2. The average Bonchev–Trinajstić information content (AvgIpc) is 2.54. The normalized spacial score (nSPS) is 10.0. The SMILES string of the molecule is CCOC(=O)NC(=O)COc1ccc(-c2ccccc2)cc1Cl. The Morgan fingerprint density at radius 1 is 1.09 bits per heavy atom. The molecule has 0 bridgehead atoms. The molecule has 0 saturated heterocycles. The third-order valence-electron chi connectivity index (χ3n) is 2.91. The zero-order valence-electron chi connectivity index (χ0n) is 12.5. The van der Waals surface area contributed by atoms with E-state index in [-0.39, 0.29) is 13.2 Å². The summed E-state index contributed by atoms with van der Waals surface area (Å²) in [6.45, 7) is 1.50. The van der Waals surface area contributed by atoms with Gasteiger partial charge in [-0.05, 0) is 30.2 Å². The molecule has 0 aliphatic carbocycles. The van der Waals surface area contributed by atoms with Crippen molar-refractivity contribution in [2.45, 2.75) is 6.92 Å². The number of hydrogen-bond donors (Lipinski definition) is 1. The molecule has 23 heavy (non-hydrogen) atoms. The summed E-state index contributed by atoms with van der Waals surface area (Å²) in [5.41, 5.74) is 1.97. The Morgan fingerprint density at radius 3 is 2.48 bits per heavy atom. The molecule has 5 nitrogen and oxygen atoms in total. The van der Waals surface area contributed by atoms with Crippen molar-refractivity contribution < 1.29 is 19.1 Å². The minimum Gasteiger partial charge on any atom is -0.482 e. The molecule has 1 N–H and O–H groups in total. The van der Waals surface area contributed by atoms with Crippen LogP contribution in [-0.2, 0) is 9.53 Å². The Bertz CT molecular complexity index is 688. The maximum Gasteiger partial charge on any atom is 0.413 e. The number of halogens is 1. The lowest BCUT2D eigenvalue weighted by Gasteiger charge is -2.10. The van der Waals surface area contributed by atoms with Gasteiger partial charge < -0.3 is 9.47 Å². The van der Waals surface area contributed by atoms with Crippen LogP contribution in [0.5, 0.6) is 5.75 Å². The molecule has 0 saturated carbocycles.